The minimum absolute atomic E-state index is 0.0389. The van der Waals surface area contributed by atoms with E-state index in [0.717, 1.165) is 77.0 Å². The lowest BCUT2D eigenvalue weighted by atomic mass is 9.82. The van der Waals surface area contributed by atoms with E-state index in [1.807, 2.05) is 52.6 Å². The summed E-state index contributed by atoms with van der Waals surface area (Å²) in [5, 5.41) is 34.6. The molecule has 4 amide bonds. The van der Waals surface area contributed by atoms with Crippen LogP contribution in [0.4, 0.5) is 28.6 Å². The number of carbonyl (C=O) groups is 4. The van der Waals surface area contributed by atoms with Gasteiger partial charge >= 0.3 is 18.4 Å². The van der Waals surface area contributed by atoms with Gasteiger partial charge in [0.05, 0.1) is 56.2 Å². The molecule has 18 nitrogen and oxygen atoms in total. The molecule has 1 saturated carbocycles. The summed E-state index contributed by atoms with van der Waals surface area (Å²) in [6, 6.07) is 15.3. The third kappa shape index (κ3) is 13.4. The number of fused-ring (bicyclic) bond motifs is 2. The second-order valence-electron chi connectivity index (χ2n) is 21.7. The molecule has 6 atom stereocenters. The van der Waals surface area contributed by atoms with E-state index in [1.165, 1.54) is 17.9 Å². The fourth-order valence-corrected chi connectivity index (χ4v) is 9.92. The number of carboxylic acid groups (broad SMARTS) is 1. The summed E-state index contributed by atoms with van der Waals surface area (Å²) in [4.78, 5) is 62.1. The number of nitrogens with zero attached hydrogens (tertiary/aromatic N) is 6. The smallest absolute Gasteiger partial charge is 0.407 e. The number of anilines is 1. The molecule has 0 spiro atoms. The summed E-state index contributed by atoms with van der Waals surface area (Å²) < 4.78 is 55.7. The van der Waals surface area contributed by atoms with Gasteiger partial charge in [-0.1, -0.05) is 69.0 Å². The molecule has 3 saturated heterocycles. The number of aliphatic hydroxyl groups excluding tert-OH is 1. The van der Waals surface area contributed by atoms with Gasteiger partial charge in [0, 0.05) is 67.3 Å². The Balaban J connectivity index is 1.02. The molecule has 2 unspecified atom stereocenters. The number of nitrogens with one attached hydrogen (secondary N) is 4. The van der Waals surface area contributed by atoms with Gasteiger partial charge in [-0.2, -0.15) is 18.3 Å². The monoisotopic (exact) mass is 1040 g/mol. The molecule has 3 aliphatic heterocycles. The van der Waals surface area contributed by atoms with Crippen LogP contribution < -0.4 is 26.3 Å². The number of carbonyl (C=O) groups excluding carboxylic acids is 3. The molecule has 5 heterocycles. The van der Waals surface area contributed by atoms with Crippen LogP contribution in [0.5, 0.6) is 0 Å². The van der Waals surface area contributed by atoms with Crippen LogP contribution in [-0.2, 0) is 32.0 Å². The number of piperazine rings is 1. The van der Waals surface area contributed by atoms with Crippen molar-refractivity contribution in [2.45, 2.75) is 128 Å². The molecule has 2 aromatic heterocycles. The number of amides is 4. The number of aliphatic hydroxyl groups is 1. The molecule has 8 rings (SSSR count). The van der Waals surface area contributed by atoms with Crippen LogP contribution in [-0.4, -0.2) is 147 Å². The van der Waals surface area contributed by atoms with Crippen LogP contribution >= 0.6 is 0 Å². The number of methoxy groups -OCH3 is 1. The van der Waals surface area contributed by atoms with Crippen molar-refractivity contribution in [1.82, 2.24) is 46.0 Å². The highest BCUT2D eigenvalue weighted by atomic mass is 19.4. The number of benzene rings is 2. The Hall–Kier alpha value is -6.73. The van der Waals surface area contributed by atoms with Crippen molar-refractivity contribution < 1.29 is 52.0 Å². The molecule has 402 valence electrons. The third-order valence-electron chi connectivity index (χ3n) is 14.6. The number of hydrogen-bond acceptors (Lipinski definition) is 12. The number of hydrazine groups is 1. The molecular formula is C54H67F3N10O8. The minimum atomic E-state index is -4.98. The number of ether oxygens (including phenoxy) is 2. The topological polar surface area (TPSA) is 216 Å². The molecule has 4 aromatic rings. The second kappa shape index (κ2) is 22.6. The summed E-state index contributed by atoms with van der Waals surface area (Å²) in [6.07, 6.45) is 0.531. The van der Waals surface area contributed by atoms with Gasteiger partial charge < -0.3 is 40.5 Å². The number of alkyl halides is 3. The van der Waals surface area contributed by atoms with Crippen molar-refractivity contribution in [3.63, 3.8) is 0 Å². The summed E-state index contributed by atoms with van der Waals surface area (Å²) in [6.45, 7) is 9.52. The zero-order chi connectivity index (χ0) is 53.8. The standard InChI is InChI=1S/C54H67F3N10O8/c1-52(2,3)46(61-50(71)72)49(70)63-65(26-36-13-16-37(17-14-36)38-25-59-66(27-38)39-18-19-39)30-44(68)43(60-48(69)47(62-51(73)74-6)53(4,5)54(55,56)57)23-34-10-7-33(8-11-34)9-12-35-15-22-45(58-24-35)64-28-40-20-21-41(29-64)67(40)42-31-75-32-42/h7-8,10-11,13-17,22,24-25,27,39-44,46-47,61,68H,18-21,23,26,28-32H2,1-6H3,(H,60,69)(H,62,73)(H,63,70)(H,71,72)/t40?,41?,43-,44-,46+,47+/m0/s1. The van der Waals surface area contributed by atoms with E-state index in [2.05, 4.69) is 47.5 Å². The highest BCUT2D eigenvalue weighted by Crippen LogP contribution is 2.41. The molecule has 0 radical (unpaired) electrons. The quantitative estimate of drug-likeness (QED) is 0.0526. The van der Waals surface area contributed by atoms with Crippen molar-refractivity contribution in [3.05, 3.63) is 102 Å². The second-order valence-corrected chi connectivity index (χ2v) is 21.7. The van der Waals surface area contributed by atoms with Crippen LogP contribution in [0, 0.1) is 22.7 Å². The van der Waals surface area contributed by atoms with Gasteiger partial charge in [0.15, 0.2) is 0 Å². The summed E-state index contributed by atoms with van der Waals surface area (Å²) in [7, 11) is 0.951. The van der Waals surface area contributed by atoms with Crippen LogP contribution in [0.1, 0.15) is 88.6 Å². The first-order chi connectivity index (χ1) is 35.6. The average molecular weight is 1040 g/mol. The lowest BCUT2D eigenvalue weighted by Gasteiger charge is -2.47. The van der Waals surface area contributed by atoms with Crippen LogP contribution in [0.15, 0.2) is 79.3 Å². The highest BCUT2D eigenvalue weighted by molar-refractivity contribution is 5.87. The maximum absolute atomic E-state index is 14.6. The maximum atomic E-state index is 14.6. The Kier molecular flexibility index (Phi) is 16.4. The van der Waals surface area contributed by atoms with E-state index < -0.39 is 71.8 Å². The fraction of sp³-hybridized carbons (Fsp3) is 0.519. The van der Waals surface area contributed by atoms with Gasteiger partial charge in [-0.3, -0.25) is 24.6 Å². The number of pyridine rings is 1. The average Bonchev–Trinajstić information content (AvgIpc) is 4.03. The van der Waals surface area contributed by atoms with Crippen molar-refractivity contribution in [2.24, 2.45) is 10.8 Å². The van der Waals surface area contributed by atoms with Gasteiger partial charge in [-0.15, -0.1) is 0 Å². The Morgan fingerprint density at radius 1 is 0.787 bits per heavy atom. The Labute approximate surface area is 434 Å². The molecule has 75 heavy (non-hydrogen) atoms. The number of alkyl carbamates (subject to hydrolysis) is 1. The third-order valence-corrected chi connectivity index (χ3v) is 14.6. The molecule has 2 bridgehead atoms. The van der Waals surface area contributed by atoms with Gasteiger partial charge in [0.1, 0.15) is 17.9 Å². The predicted octanol–water partition coefficient (Wildman–Crippen LogP) is 5.65. The zero-order valence-corrected chi connectivity index (χ0v) is 43.1. The Morgan fingerprint density at radius 3 is 1.97 bits per heavy atom. The van der Waals surface area contributed by atoms with Crippen molar-refractivity contribution in [2.75, 3.05) is 44.9 Å². The number of aromatic nitrogens is 3. The first kappa shape index (κ1) is 54.5. The molecule has 1 aliphatic carbocycles. The predicted molar refractivity (Wildman–Crippen MR) is 272 cm³/mol. The molecule has 21 heteroatoms. The first-order valence-corrected chi connectivity index (χ1v) is 25.3. The van der Waals surface area contributed by atoms with Crippen molar-refractivity contribution >= 4 is 29.8 Å². The zero-order valence-electron chi connectivity index (χ0n) is 43.1. The van der Waals surface area contributed by atoms with Crippen molar-refractivity contribution in [3.8, 4) is 23.0 Å². The Morgan fingerprint density at radius 2 is 1.41 bits per heavy atom. The van der Waals surface area contributed by atoms with Crippen molar-refractivity contribution in [1.29, 1.82) is 0 Å². The molecule has 4 fully saturated rings. The van der Waals surface area contributed by atoms with E-state index >= 15 is 0 Å². The lowest BCUT2D eigenvalue weighted by Crippen LogP contribution is -2.63. The molecule has 4 aliphatic rings. The lowest BCUT2D eigenvalue weighted by molar-refractivity contribution is -0.220. The fourth-order valence-electron chi connectivity index (χ4n) is 9.92. The maximum Gasteiger partial charge on any atom is 0.407 e. The van der Waals surface area contributed by atoms with Gasteiger partial charge in [-0.05, 0) is 92.3 Å². The van der Waals surface area contributed by atoms with E-state index in [0.29, 0.717) is 46.4 Å². The van der Waals surface area contributed by atoms with E-state index in [1.54, 1.807) is 57.4 Å². The molecular weight excluding hydrogens is 974 g/mol. The summed E-state index contributed by atoms with van der Waals surface area (Å²) in [5.74, 6) is 5.20. The highest BCUT2D eigenvalue weighted by Gasteiger charge is 2.56. The van der Waals surface area contributed by atoms with Gasteiger partial charge in [0.2, 0.25) is 5.91 Å². The van der Waals surface area contributed by atoms with Crippen LogP contribution in [0.25, 0.3) is 11.1 Å². The number of hydrogen-bond donors (Lipinski definition) is 6. The van der Waals surface area contributed by atoms with Crippen LogP contribution in [0.3, 0.4) is 0 Å². The van der Waals surface area contributed by atoms with Crippen LogP contribution in [0.2, 0.25) is 0 Å². The van der Waals surface area contributed by atoms with E-state index in [9.17, 15) is 42.6 Å². The van der Waals surface area contributed by atoms with E-state index in [4.69, 9.17) is 9.72 Å². The first-order valence-electron chi connectivity index (χ1n) is 25.3. The Bertz CT molecular complexity index is 2700. The van der Waals surface area contributed by atoms with E-state index in [-0.39, 0.29) is 13.0 Å². The SMILES string of the molecule is COC(=O)N[C@H](C(=O)N[C@@H](Cc1ccc(C#Cc2ccc(N3CC4CCC(C3)N4C3COC3)nc2)cc1)[C@@H](O)CN(Cc1ccc(-c2cnn(C3CC3)c2)cc1)NC(=O)[C@@H](NC(=O)O)C(C)(C)C)C(C)(C)C(F)(F)F. The largest absolute Gasteiger partial charge is 0.465 e. The molecule has 6 N–H and O–H groups in total. The number of rotatable bonds is 18. The molecule has 2 aromatic carbocycles. The normalized spacial score (nSPS) is 19.7. The van der Waals surface area contributed by atoms with Gasteiger partial charge in [0.25, 0.3) is 5.91 Å². The number of halogens is 3. The minimum Gasteiger partial charge on any atom is -0.465 e. The van der Waals surface area contributed by atoms with Gasteiger partial charge in [-0.25, -0.2) is 19.6 Å². The summed E-state index contributed by atoms with van der Waals surface area (Å²) >= 11 is 0. The summed E-state index contributed by atoms with van der Waals surface area (Å²) in [5.41, 5.74) is 3.36.